The van der Waals surface area contributed by atoms with E-state index < -0.39 is 35.3 Å². The van der Waals surface area contributed by atoms with Gasteiger partial charge in [0.15, 0.2) is 5.69 Å². The summed E-state index contributed by atoms with van der Waals surface area (Å²) in [7, 11) is 0. The second-order valence-electron chi connectivity index (χ2n) is 7.85. The fourth-order valence-electron chi connectivity index (χ4n) is 3.82. The zero-order valence-electron chi connectivity index (χ0n) is 17.9. The number of aromatic nitrogens is 4. The number of aromatic amines is 1. The van der Waals surface area contributed by atoms with Crippen molar-refractivity contribution in [2.24, 2.45) is 0 Å². The first kappa shape index (κ1) is 24.5. The van der Waals surface area contributed by atoms with Gasteiger partial charge >= 0.3 is 18.5 Å². The summed E-state index contributed by atoms with van der Waals surface area (Å²) >= 11 is 0. The third kappa shape index (κ3) is 4.54. The first-order valence-electron chi connectivity index (χ1n) is 10.2. The van der Waals surface area contributed by atoms with Gasteiger partial charge in [-0.05, 0) is 42.5 Å². The molecule has 1 N–H and O–H groups in total. The molecule has 3 heterocycles. The highest BCUT2D eigenvalue weighted by Gasteiger charge is 2.35. The highest BCUT2D eigenvalue weighted by atomic mass is 19.4. The third-order valence-electron chi connectivity index (χ3n) is 5.42. The van der Waals surface area contributed by atoms with Gasteiger partial charge in [-0.25, -0.2) is 5.10 Å². The van der Waals surface area contributed by atoms with Gasteiger partial charge < -0.3 is 4.74 Å². The molecule has 0 spiro atoms. The molecule has 0 atom stereocenters. The Morgan fingerprint density at radius 2 is 1.24 bits per heavy atom. The molecule has 0 aliphatic heterocycles. The van der Waals surface area contributed by atoms with Gasteiger partial charge in [-0.1, -0.05) is 6.07 Å². The van der Waals surface area contributed by atoms with Crippen LogP contribution in [0.4, 0.5) is 39.5 Å². The molecule has 0 saturated carbocycles. The molecule has 14 heteroatoms. The molecule has 0 aliphatic rings. The average molecular weight is 530 g/mol. The van der Waals surface area contributed by atoms with Crippen LogP contribution in [-0.4, -0.2) is 19.7 Å². The van der Waals surface area contributed by atoms with E-state index in [1.54, 1.807) is 0 Å². The number of rotatable bonds is 3. The van der Waals surface area contributed by atoms with Gasteiger partial charge in [-0.2, -0.15) is 49.6 Å². The van der Waals surface area contributed by atoms with Crippen molar-refractivity contribution < 1.29 is 44.3 Å². The van der Waals surface area contributed by atoms with Crippen LogP contribution >= 0.6 is 0 Å². The van der Waals surface area contributed by atoms with Crippen LogP contribution in [0.1, 0.15) is 16.8 Å². The minimum atomic E-state index is -4.74. The average Bonchev–Trinajstić information content (AvgIpc) is 3.40. The Morgan fingerprint density at radius 1 is 0.676 bits per heavy atom. The van der Waals surface area contributed by atoms with Gasteiger partial charge in [0.05, 0.1) is 22.2 Å². The van der Waals surface area contributed by atoms with Gasteiger partial charge in [0.2, 0.25) is 11.8 Å². The highest BCUT2D eigenvalue weighted by Crippen LogP contribution is 2.40. The van der Waals surface area contributed by atoms with Crippen molar-refractivity contribution in [2.45, 2.75) is 18.5 Å². The van der Waals surface area contributed by atoms with E-state index in [1.807, 2.05) is 0 Å². The zero-order valence-corrected chi connectivity index (χ0v) is 17.9. The molecule has 5 nitrogen and oxygen atoms in total. The Balaban J connectivity index is 1.67. The second-order valence-corrected chi connectivity index (χ2v) is 7.85. The van der Waals surface area contributed by atoms with Crippen molar-refractivity contribution in [1.82, 2.24) is 19.7 Å². The summed E-state index contributed by atoms with van der Waals surface area (Å²) in [6.07, 6.45) is -14.2. The molecule has 0 radical (unpaired) electrons. The van der Waals surface area contributed by atoms with Gasteiger partial charge in [0.25, 0.3) is 0 Å². The minimum Gasteiger partial charge on any atom is -0.421 e. The number of fused-ring (bicyclic) bond motifs is 3. The summed E-state index contributed by atoms with van der Waals surface area (Å²) in [4.78, 5) is 4.19. The summed E-state index contributed by atoms with van der Waals surface area (Å²) in [6.45, 7) is 0. The van der Waals surface area contributed by atoms with Crippen molar-refractivity contribution in [3.63, 3.8) is 0 Å². The largest absolute Gasteiger partial charge is 0.435 e. The summed E-state index contributed by atoms with van der Waals surface area (Å²) in [5.41, 5.74) is -3.11. The SMILES string of the molecule is FC(F)(F)c1ccc2c(c1)c1cc(C(F)(F)F)ccc1n2-c1cccc(Oc2cc(C(F)(F)F)n[nH]2)n1. The lowest BCUT2D eigenvalue weighted by Gasteiger charge is -2.10. The molecule has 37 heavy (non-hydrogen) atoms. The Bertz CT molecular complexity index is 1560. The molecule has 192 valence electrons. The highest BCUT2D eigenvalue weighted by molar-refractivity contribution is 6.09. The predicted molar refractivity (Wildman–Crippen MR) is 112 cm³/mol. The van der Waals surface area contributed by atoms with E-state index in [0.29, 0.717) is 6.07 Å². The van der Waals surface area contributed by atoms with E-state index in [0.717, 1.165) is 36.4 Å². The van der Waals surface area contributed by atoms with E-state index in [2.05, 4.69) is 15.2 Å². The molecule has 0 fully saturated rings. The molecule has 2 aromatic carbocycles. The smallest absolute Gasteiger partial charge is 0.421 e. The molecule has 3 aromatic heterocycles. The van der Waals surface area contributed by atoms with Crippen molar-refractivity contribution in [3.8, 4) is 17.6 Å². The number of nitrogens with one attached hydrogen (secondary N) is 1. The molecule has 5 aromatic rings. The minimum absolute atomic E-state index is 0.0348. The number of benzene rings is 2. The summed E-state index contributed by atoms with van der Waals surface area (Å²) in [5.74, 6) is -0.555. The van der Waals surface area contributed by atoms with Gasteiger partial charge in [-0.15, -0.1) is 0 Å². The standard InChI is InChI=1S/C23H11F9N4O/c24-21(25,26)11-4-6-15-13(8-11)14-9-12(22(27,28)29)5-7-16(14)36(15)18-2-1-3-19(33-18)37-20-10-17(34-35-20)23(30,31)32/h1-10H,(H,34,35). The molecule has 0 unspecified atom stereocenters. The van der Waals surface area contributed by atoms with E-state index in [4.69, 9.17) is 4.74 Å². The maximum atomic E-state index is 13.4. The number of hydrogen-bond donors (Lipinski definition) is 1. The summed E-state index contributed by atoms with van der Waals surface area (Å²) < 4.78 is 125. The van der Waals surface area contributed by atoms with E-state index in [1.165, 1.54) is 22.8 Å². The van der Waals surface area contributed by atoms with Crippen LogP contribution in [0.2, 0.25) is 0 Å². The van der Waals surface area contributed by atoms with Crippen LogP contribution in [-0.2, 0) is 18.5 Å². The van der Waals surface area contributed by atoms with Crippen LogP contribution in [0.3, 0.4) is 0 Å². The maximum Gasteiger partial charge on any atom is 0.435 e. The fourth-order valence-corrected chi connectivity index (χ4v) is 3.82. The van der Waals surface area contributed by atoms with Gasteiger partial charge in [0.1, 0.15) is 5.82 Å². The van der Waals surface area contributed by atoms with Gasteiger partial charge in [0, 0.05) is 22.9 Å². The lowest BCUT2D eigenvalue weighted by atomic mass is 10.1. The van der Waals surface area contributed by atoms with Crippen LogP contribution in [0.15, 0.2) is 60.7 Å². The lowest BCUT2D eigenvalue weighted by molar-refractivity contribution is -0.141. The summed E-state index contributed by atoms with van der Waals surface area (Å²) in [6, 6.07) is 9.99. The number of hydrogen-bond acceptors (Lipinski definition) is 3. The van der Waals surface area contributed by atoms with E-state index >= 15 is 0 Å². The molecule has 0 aliphatic carbocycles. The van der Waals surface area contributed by atoms with Gasteiger partial charge in [-0.3, -0.25) is 4.57 Å². The predicted octanol–water partition coefficient (Wildman–Crippen LogP) is 7.75. The van der Waals surface area contributed by atoms with E-state index in [-0.39, 0.29) is 39.4 Å². The number of halogens is 9. The molecular formula is C23H11F9N4O. The molecule has 0 amide bonds. The molecule has 5 rings (SSSR count). The second kappa shape index (κ2) is 8.15. The fraction of sp³-hybridized carbons (Fsp3) is 0.130. The van der Waals surface area contributed by atoms with Crippen LogP contribution in [0, 0.1) is 0 Å². The molecule has 0 saturated heterocycles. The first-order chi connectivity index (χ1) is 17.2. The van der Waals surface area contributed by atoms with Crippen LogP contribution in [0.5, 0.6) is 11.8 Å². The van der Waals surface area contributed by atoms with Crippen molar-refractivity contribution in [2.75, 3.05) is 0 Å². The van der Waals surface area contributed by atoms with E-state index in [9.17, 15) is 39.5 Å². The molecular weight excluding hydrogens is 519 g/mol. The Labute approximate surface area is 200 Å². The molecule has 0 bridgehead atoms. The normalized spacial score (nSPS) is 13.0. The number of alkyl halides is 9. The van der Waals surface area contributed by atoms with Crippen LogP contribution < -0.4 is 4.74 Å². The van der Waals surface area contributed by atoms with Crippen molar-refractivity contribution >= 4 is 21.8 Å². The maximum absolute atomic E-state index is 13.4. The third-order valence-corrected chi connectivity index (χ3v) is 5.42. The van der Waals surface area contributed by atoms with Crippen molar-refractivity contribution in [3.05, 3.63) is 77.5 Å². The summed E-state index contributed by atoms with van der Waals surface area (Å²) in [5, 5.41) is 4.96. The number of ether oxygens (including phenoxy) is 1. The Kier molecular flexibility index (Phi) is 5.39. The lowest BCUT2D eigenvalue weighted by Crippen LogP contribution is -2.04. The topological polar surface area (TPSA) is 55.7 Å². The Hall–Kier alpha value is -4.23. The Morgan fingerprint density at radius 3 is 1.73 bits per heavy atom. The quantitative estimate of drug-likeness (QED) is 0.243. The zero-order chi connectivity index (χ0) is 26.8. The number of nitrogens with zero attached hydrogens (tertiary/aromatic N) is 3. The van der Waals surface area contributed by atoms with Crippen LogP contribution in [0.25, 0.3) is 27.6 Å². The first-order valence-corrected chi connectivity index (χ1v) is 10.2. The van der Waals surface area contributed by atoms with Crippen molar-refractivity contribution in [1.29, 1.82) is 0 Å². The number of pyridine rings is 1. The monoisotopic (exact) mass is 530 g/mol. The number of H-pyrrole nitrogens is 1.